The highest BCUT2D eigenvalue weighted by Crippen LogP contribution is 2.24. The largest absolute Gasteiger partial charge is 0.598 e. The smallest absolute Gasteiger partial charge is 0.389 e. The standard InChI is InChI=1S/C12H22F3NOS/c1-5-6-7-10(8-9-12(13,14)15)16-18(17)11(2,3)4/h5,10,16H,1,6-9H2,2-4H3/t10-,18?/m1/s1. The molecule has 0 fully saturated rings. The van der Waals surface area contributed by atoms with Gasteiger partial charge in [-0.05, 0) is 40.0 Å². The predicted octanol–water partition coefficient (Wildman–Crippen LogP) is 3.72. The van der Waals surface area contributed by atoms with Crippen molar-refractivity contribution in [2.45, 2.75) is 63.4 Å². The van der Waals surface area contributed by atoms with E-state index in [1.54, 1.807) is 26.8 Å². The highest BCUT2D eigenvalue weighted by Gasteiger charge is 2.32. The summed E-state index contributed by atoms with van der Waals surface area (Å²) in [7, 11) is 0. The molecule has 0 saturated carbocycles. The Labute approximate surface area is 110 Å². The predicted molar refractivity (Wildman–Crippen MR) is 69.5 cm³/mol. The van der Waals surface area contributed by atoms with E-state index in [2.05, 4.69) is 11.3 Å². The molecule has 0 aliphatic heterocycles. The van der Waals surface area contributed by atoms with Gasteiger partial charge in [0.25, 0.3) is 0 Å². The Morgan fingerprint density at radius 1 is 1.28 bits per heavy atom. The van der Waals surface area contributed by atoms with Crippen molar-refractivity contribution in [2.75, 3.05) is 0 Å². The minimum absolute atomic E-state index is 0.0564. The van der Waals surface area contributed by atoms with Gasteiger partial charge >= 0.3 is 6.18 Å². The number of allylic oxidation sites excluding steroid dienone is 1. The van der Waals surface area contributed by atoms with E-state index in [9.17, 15) is 17.7 Å². The number of hydrogen-bond acceptors (Lipinski definition) is 2. The van der Waals surface area contributed by atoms with Crippen LogP contribution in [0.25, 0.3) is 0 Å². The first-order chi connectivity index (χ1) is 8.06. The second-order valence-corrected chi connectivity index (χ2v) is 7.21. The fraction of sp³-hybridized carbons (Fsp3) is 0.833. The third-order valence-electron chi connectivity index (χ3n) is 2.33. The van der Waals surface area contributed by atoms with Gasteiger partial charge < -0.3 is 4.55 Å². The van der Waals surface area contributed by atoms with Crippen LogP contribution in [0.2, 0.25) is 0 Å². The summed E-state index contributed by atoms with van der Waals surface area (Å²) in [4.78, 5) is 0. The first kappa shape index (κ1) is 17.8. The maximum atomic E-state index is 12.2. The average Bonchev–Trinajstić information content (AvgIpc) is 2.19. The Bertz CT molecular complexity index is 251. The SMILES string of the molecule is C=CCC[C@H](CCC(F)(F)F)N[S+]([O-])C(C)(C)C. The maximum absolute atomic E-state index is 12.2. The van der Waals surface area contributed by atoms with E-state index in [1.165, 1.54) is 0 Å². The van der Waals surface area contributed by atoms with Crippen LogP contribution in [0.5, 0.6) is 0 Å². The lowest BCUT2D eigenvalue weighted by atomic mass is 10.1. The zero-order chi connectivity index (χ0) is 14.4. The van der Waals surface area contributed by atoms with Gasteiger partial charge in [0, 0.05) is 17.8 Å². The average molecular weight is 285 g/mol. The van der Waals surface area contributed by atoms with Crippen molar-refractivity contribution in [3.63, 3.8) is 0 Å². The monoisotopic (exact) mass is 285 g/mol. The zero-order valence-corrected chi connectivity index (χ0v) is 12.0. The van der Waals surface area contributed by atoms with E-state index in [4.69, 9.17) is 0 Å². The number of hydrogen-bond donors (Lipinski definition) is 1. The molecule has 2 atom stereocenters. The molecular formula is C12H22F3NOS. The Balaban J connectivity index is 4.35. The Morgan fingerprint density at radius 3 is 2.22 bits per heavy atom. The molecule has 108 valence electrons. The van der Waals surface area contributed by atoms with Gasteiger partial charge in [-0.25, -0.2) is 0 Å². The van der Waals surface area contributed by atoms with Crippen LogP contribution in [0.1, 0.15) is 46.5 Å². The number of alkyl halides is 3. The van der Waals surface area contributed by atoms with Crippen LogP contribution in [-0.4, -0.2) is 21.5 Å². The molecule has 2 nitrogen and oxygen atoms in total. The zero-order valence-electron chi connectivity index (χ0n) is 11.1. The van der Waals surface area contributed by atoms with Crippen LogP contribution in [-0.2, 0) is 11.4 Å². The quantitative estimate of drug-likeness (QED) is 0.571. The molecule has 0 rings (SSSR count). The normalized spacial score (nSPS) is 16.4. The summed E-state index contributed by atoms with van der Waals surface area (Å²) in [5.74, 6) is 0. The van der Waals surface area contributed by atoms with Crippen molar-refractivity contribution in [1.82, 2.24) is 4.72 Å². The van der Waals surface area contributed by atoms with Gasteiger partial charge in [-0.15, -0.1) is 11.3 Å². The molecule has 1 N–H and O–H groups in total. The second-order valence-electron chi connectivity index (χ2n) is 5.22. The van der Waals surface area contributed by atoms with E-state index < -0.39 is 34.7 Å². The molecule has 0 bridgehead atoms. The molecule has 0 radical (unpaired) electrons. The van der Waals surface area contributed by atoms with E-state index in [-0.39, 0.29) is 6.42 Å². The van der Waals surface area contributed by atoms with E-state index in [0.717, 1.165) is 0 Å². The minimum atomic E-state index is -4.17. The summed E-state index contributed by atoms with van der Waals surface area (Å²) in [6.07, 6.45) is -2.31. The molecule has 0 aromatic carbocycles. The minimum Gasteiger partial charge on any atom is -0.598 e. The van der Waals surface area contributed by atoms with Crippen LogP contribution in [0.15, 0.2) is 12.7 Å². The first-order valence-electron chi connectivity index (χ1n) is 5.92. The van der Waals surface area contributed by atoms with Gasteiger partial charge in [0.15, 0.2) is 0 Å². The van der Waals surface area contributed by atoms with Crippen molar-refractivity contribution < 1.29 is 17.7 Å². The second kappa shape index (κ2) is 7.40. The van der Waals surface area contributed by atoms with Gasteiger partial charge in [-0.3, -0.25) is 0 Å². The van der Waals surface area contributed by atoms with Crippen LogP contribution in [0.4, 0.5) is 13.2 Å². The van der Waals surface area contributed by atoms with Crippen LogP contribution >= 0.6 is 0 Å². The molecule has 1 unspecified atom stereocenters. The summed E-state index contributed by atoms with van der Waals surface area (Å²) in [5, 5.41) is 0. The van der Waals surface area contributed by atoms with Crippen molar-refractivity contribution in [2.24, 2.45) is 0 Å². The van der Waals surface area contributed by atoms with Crippen molar-refractivity contribution in [3.8, 4) is 0 Å². The van der Waals surface area contributed by atoms with Gasteiger partial charge in [0.1, 0.15) is 4.75 Å². The highest BCUT2D eigenvalue weighted by molar-refractivity contribution is 7.90. The van der Waals surface area contributed by atoms with Crippen LogP contribution < -0.4 is 4.72 Å². The van der Waals surface area contributed by atoms with Crippen molar-refractivity contribution >= 4 is 11.4 Å². The van der Waals surface area contributed by atoms with E-state index >= 15 is 0 Å². The lowest BCUT2D eigenvalue weighted by Gasteiger charge is -2.28. The van der Waals surface area contributed by atoms with Crippen LogP contribution in [0, 0.1) is 0 Å². The van der Waals surface area contributed by atoms with Crippen molar-refractivity contribution in [3.05, 3.63) is 12.7 Å². The number of rotatable bonds is 7. The third kappa shape index (κ3) is 8.83. The molecule has 0 heterocycles. The molecule has 0 aromatic heterocycles. The van der Waals surface area contributed by atoms with Crippen molar-refractivity contribution in [1.29, 1.82) is 0 Å². The molecule has 0 aromatic rings. The molecule has 0 aliphatic carbocycles. The fourth-order valence-electron chi connectivity index (χ4n) is 1.25. The third-order valence-corrected chi connectivity index (χ3v) is 3.99. The molecule has 0 saturated heterocycles. The molecular weight excluding hydrogens is 263 g/mol. The summed E-state index contributed by atoms with van der Waals surface area (Å²) >= 11 is -1.35. The van der Waals surface area contributed by atoms with Gasteiger partial charge in [-0.1, -0.05) is 6.08 Å². The van der Waals surface area contributed by atoms with Gasteiger partial charge in [-0.2, -0.15) is 13.2 Å². The number of halogens is 3. The molecule has 0 amide bonds. The number of nitrogens with one attached hydrogen (secondary N) is 1. The Kier molecular flexibility index (Phi) is 7.32. The first-order valence-corrected chi connectivity index (χ1v) is 7.07. The van der Waals surface area contributed by atoms with Gasteiger partial charge in [0.2, 0.25) is 0 Å². The summed E-state index contributed by atoms with van der Waals surface area (Å²) in [5.41, 5.74) is 0. The van der Waals surface area contributed by atoms with Gasteiger partial charge in [0.05, 0.1) is 6.04 Å². The molecule has 0 aliphatic rings. The molecule has 0 spiro atoms. The Hall–Kier alpha value is -0.200. The van der Waals surface area contributed by atoms with E-state index in [1.807, 2.05) is 0 Å². The molecule has 18 heavy (non-hydrogen) atoms. The summed E-state index contributed by atoms with van der Waals surface area (Å²) in [6, 6.07) is -0.398. The fourth-order valence-corrected chi connectivity index (χ4v) is 2.14. The van der Waals surface area contributed by atoms with Crippen LogP contribution in [0.3, 0.4) is 0 Å². The lowest BCUT2D eigenvalue weighted by Crippen LogP contribution is -2.45. The topological polar surface area (TPSA) is 35.1 Å². The Morgan fingerprint density at radius 2 is 1.83 bits per heavy atom. The molecule has 6 heteroatoms. The maximum Gasteiger partial charge on any atom is 0.389 e. The lowest BCUT2D eigenvalue weighted by molar-refractivity contribution is -0.136. The summed E-state index contributed by atoms with van der Waals surface area (Å²) in [6.45, 7) is 8.89. The van der Waals surface area contributed by atoms with E-state index in [0.29, 0.717) is 12.8 Å². The summed E-state index contributed by atoms with van der Waals surface area (Å²) < 4.78 is 50.7. The highest BCUT2D eigenvalue weighted by atomic mass is 32.2.